The lowest BCUT2D eigenvalue weighted by Crippen LogP contribution is -2.62. The maximum absolute atomic E-state index is 14.8. The molecule has 1 saturated heterocycles. The number of carbonyl (C=O) groups is 12. The lowest BCUT2D eigenvalue weighted by Gasteiger charge is -2.27. The van der Waals surface area contributed by atoms with E-state index in [1.165, 1.54) is 55.5 Å². The maximum atomic E-state index is 14.8. The summed E-state index contributed by atoms with van der Waals surface area (Å²) in [5.74, 6) is -12.7. The molecular weight excluding hydrogens is 1240 g/mol. The highest BCUT2D eigenvalue weighted by molar-refractivity contribution is 6.00. The first kappa shape index (κ1) is 73.6. The number of phenolic OH excluding ortho intramolecular Hbond substituents is 2. The van der Waals surface area contributed by atoms with E-state index in [1.807, 2.05) is 0 Å². The Morgan fingerprint density at radius 3 is 1.47 bits per heavy atom. The van der Waals surface area contributed by atoms with Crippen LogP contribution in [0, 0.1) is 5.41 Å². The van der Waals surface area contributed by atoms with E-state index in [1.54, 1.807) is 91.0 Å². The van der Waals surface area contributed by atoms with Crippen molar-refractivity contribution in [3.05, 3.63) is 167 Å². The molecule has 10 atom stereocenters. The van der Waals surface area contributed by atoms with E-state index in [0.29, 0.717) is 27.8 Å². The maximum Gasteiger partial charge on any atom is 0.245 e. The van der Waals surface area contributed by atoms with Crippen molar-refractivity contribution in [1.82, 2.24) is 58.5 Å². The summed E-state index contributed by atoms with van der Waals surface area (Å²) in [6.07, 6.45) is -3.06. The van der Waals surface area contributed by atoms with Gasteiger partial charge in [0.1, 0.15) is 65.9 Å². The highest BCUT2D eigenvalue weighted by atomic mass is 16.3. The number of primary amides is 2. The van der Waals surface area contributed by atoms with Crippen molar-refractivity contribution in [3.8, 4) is 11.5 Å². The van der Waals surface area contributed by atoms with Crippen molar-refractivity contribution in [1.29, 1.82) is 5.41 Å². The van der Waals surface area contributed by atoms with E-state index < -0.39 is 163 Å². The molecule has 96 heavy (non-hydrogen) atoms. The molecule has 0 bridgehead atoms. The fourth-order valence-corrected chi connectivity index (χ4v) is 10.1. The third kappa shape index (κ3) is 24.6. The van der Waals surface area contributed by atoms with Crippen LogP contribution in [0.5, 0.6) is 11.5 Å². The molecule has 1 unspecified atom stereocenters. The van der Waals surface area contributed by atoms with Gasteiger partial charge < -0.3 is 91.6 Å². The molecule has 5 aromatic carbocycles. The van der Waals surface area contributed by atoms with E-state index in [2.05, 4.69) is 58.5 Å². The minimum absolute atomic E-state index is 0.0348. The lowest BCUT2D eigenvalue weighted by atomic mass is 10.0. The monoisotopic (exact) mass is 1320 g/mol. The van der Waals surface area contributed by atoms with Gasteiger partial charge in [0.05, 0.1) is 12.5 Å². The van der Waals surface area contributed by atoms with Crippen LogP contribution in [-0.2, 0) is 89.6 Å². The molecule has 1 aliphatic rings. The van der Waals surface area contributed by atoms with Gasteiger partial charge in [0.25, 0.3) is 0 Å². The normalized spacial score (nSPS) is 21.2. The molecule has 510 valence electrons. The third-order valence-corrected chi connectivity index (χ3v) is 15.3. The Morgan fingerprint density at radius 1 is 0.542 bits per heavy atom. The van der Waals surface area contributed by atoms with Gasteiger partial charge in [0.2, 0.25) is 70.9 Å². The first-order chi connectivity index (χ1) is 45.8. The molecule has 30 heteroatoms. The zero-order chi connectivity index (χ0) is 69.8. The number of aromatic hydroxyl groups is 2. The van der Waals surface area contributed by atoms with E-state index in [9.17, 15) is 67.7 Å². The Hall–Kier alpha value is -11.4. The first-order valence-corrected chi connectivity index (χ1v) is 30.9. The SMILES string of the molecule is C[C@@H]1NC(=O)[C@H](CC(N)=O)NC(=O)[C@H](Cc2ccccc2)NC(=O)[C@H](Cc2ccccc2)NC(=O)[C@H](CCCNC(=N)N)NC(=O)CC[C@H](NC(=O)[C@@H](N)Cc2ccc(O)cc2)C(=O)NCC(C(=O)N[C@@H](Cc2ccc(O)cc2)C(N)=O)NC(=O)[C@H](Cc2ccccc2)NC1=O. The van der Waals surface area contributed by atoms with Gasteiger partial charge in [0.15, 0.2) is 5.96 Å². The summed E-state index contributed by atoms with van der Waals surface area (Å²) in [5.41, 5.74) is 25.8. The van der Waals surface area contributed by atoms with E-state index in [4.69, 9.17) is 28.3 Å². The molecule has 0 spiro atoms. The second-order valence-corrected chi connectivity index (χ2v) is 23.0. The molecule has 0 saturated carbocycles. The van der Waals surface area contributed by atoms with Crippen LogP contribution in [0.1, 0.15) is 66.8 Å². The number of rotatable bonds is 21. The fraction of sp³-hybridized carbons (Fsp3) is 0.348. The predicted octanol–water partition coefficient (Wildman–Crippen LogP) is -3.14. The lowest BCUT2D eigenvalue weighted by molar-refractivity contribution is -0.136. The molecule has 0 radical (unpaired) electrons. The fourth-order valence-electron chi connectivity index (χ4n) is 10.1. The number of benzene rings is 5. The number of phenols is 2. The van der Waals surface area contributed by atoms with Gasteiger partial charge in [-0.05, 0) is 84.7 Å². The van der Waals surface area contributed by atoms with Crippen LogP contribution in [0.25, 0.3) is 0 Å². The smallest absolute Gasteiger partial charge is 0.245 e. The molecule has 12 amide bonds. The van der Waals surface area contributed by atoms with Crippen molar-refractivity contribution in [2.24, 2.45) is 22.9 Å². The topological polar surface area (TPSA) is 506 Å². The summed E-state index contributed by atoms with van der Waals surface area (Å²) in [5, 5.41) is 55.7. The van der Waals surface area contributed by atoms with Gasteiger partial charge in [-0.3, -0.25) is 62.9 Å². The predicted molar refractivity (Wildman–Crippen MR) is 349 cm³/mol. The largest absolute Gasteiger partial charge is 0.508 e. The third-order valence-electron chi connectivity index (χ3n) is 15.3. The number of hydrogen-bond donors (Lipinski definition) is 18. The van der Waals surface area contributed by atoms with Gasteiger partial charge in [-0.1, -0.05) is 115 Å². The molecule has 1 heterocycles. The van der Waals surface area contributed by atoms with Crippen LogP contribution in [0.2, 0.25) is 0 Å². The molecule has 0 aromatic heterocycles. The van der Waals surface area contributed by atoms with Gasteiger partial charge in [-0.25, -0.2) is 0 Å². The van der Waals surface area contributed by atoms with Gasteiger partial charge in [0, 0.05) is 45.2 Å². The molecule has 5 aromatic rings. The highest BCUT2D eigenvalue weighted by Gasteiger charge is 2.36. The Kier molecular flexibility index (Phi) is 28.2. The summed E-state index contributed by atoms with van der Waals surface area (Å²) < 4.78 is 0. The number of guanidine groups is 1. The molecule has 6 rings (SSSR count). The number of hydrogen-bond acceptors (Lipinski definition) is 16. The number of nitrogens with two attached hydrogens (primary N) is 4. The van der Waals surface area contributed by atoms with Gasteiger partial charge in [-0.2, -0.15) is 0 Å². The van der Waals surface area contributed by atoms with Crippen LogP contribution in [0.4, 0.5) is 0 Å². The average molecular weight is 1320 g/mol. The van der Waals surface area contributed by atoms with Gasteiger partial charge in [-0.15, -0.1) is 0 Å². The zero-order valence-electron chi connectivity index (χ0n) is 52.6. The van der Waals surface area contributed by atoms with Crippen LogP contribution in [0.3, 0.4) is 0 Å². The van der Waals surface area contributed by atoms with Crippen LogP contribution < -0.4 is 81.4 Å². The Balaban J connectivity index is 1.44. The molecule has 22 N–H and O–H groups in total. The summed E-state index contributed by atoms with van der Waals surface area (Å²) in [6, 6.07) is 20.5. The van der Waals surface area contributed by atoms with Gasteiger partial charge >= 0.3 is 0 Å². The standard InChI is InChI=1S/C66H82N16O14/c1-37-57(88)78-49(32-38-12-5-2-6-13-38)64(95)82-53(65(96)77-48(56(69)87)31-42-21-25-44(84)26-22-42)36-73-59(90)47(76-58(89)45(67)30-41-19-23-43(83)24-20-41)27-28-55(86)75-46(18-11-29-72-66(70)71)60(91)79-50(33-39-14-7-3-8-15-39)62(93)80-51(34-40-16-9-4-10-17-40)63(94)81-52(35-54(68)85)61(92)74-37/h2-10,12-17,19-26,37,45-53,83-84H,11,18,27-36,67H2,1H3,(H2,68,85)(H2,69,87)(H,73,90)(H,74,92)(H,75,86)(H,76,89)(H,77,96)(H,78,88)(H,79,91)(H,80,93)(H,81,94)(H,82,95)(H4,70,71,72)/t37-,45-,46-,47-,48-,49-,50-,51-,52-,53?/m0/s1. The van der Waals surface area contributed by atoms with Crippen molar-refractivity contribution in [2.45, 2.75) is 132 Å². The van der Waals surface area contributed by atoms with E-state index >= 15 is 0 Å². The number of amides is 12. The molecule has 0 aliphatic carbocycles. The summed E-state index contributed by atoms with van der Waals surface area (Å²) in [6.45, 7) is 0.429. The summed E-state index contributed by atoms with van der Waals surface area (Å²) >= 11 is 0. The Morgan fingerprint density at radius 2 is 0.990 bits per heavy atom. The number of nitrogens with one attached hydrogen (secondary N) is 12. The zero-order valence-corrected chi connectivity index (χ0v) is 52.6. The average Bonchev–Trinajstić information content (AvgIpc) is 1.11. The minimum Gasteiger partial charge on any atom is -0.508 e. The minimum atomic E-state index is -1.86. The second-order valence-electron chi connectivity index (χ2n) is 23.0. The van der Waals surface area contributed by atoms with Crippen LogP contribution in [0.15, 0.2) is 140 Å². The van der Waals surface area contributed by atoms with E-state index in [0.717, 1.165) is 0 Å². The second kappa shape index (κ2) is 36.7. The quantitative estimate of drug-likeness (QED) is 0.0196. The van der Waals surface area contributed by atoms with Crippen molar-refractivity contribution in [2.75, 3.05) is 13.1 Å². The Labute approximate surface area is 552 Å². The molecule has 1 aliphatic heterocycles. The van der Waals surface area contributed by atoms with Crippen molar-refractivity contribution in [3.63, 3.8) is 0 Å². The summed E-state index contributed by atoms with van der Waals surface area (Å²) in [4.78, 5) is 171. The first-order valence-electron chi connectivity index (χ1n) is 30.9. The van der Waals surface area contributed by atoms with Crippen molar-refractivity contribution >= 4 is 76.8 Å². The summed E-state index contributed by atoms with van der Waals surface area (Å²) in [7, 11) is 0. The van der Waals surface area contributed by atoms with Crippen molar-refractivity contribution < 1.29 is 67.7 Å². The van der Waals surface area contributed by atoms with Crippen LogP contribution >= 0.6 is 0 Å². The molecule has 1 fully saturated rings. The molecule has 30 nitrogen and oxygen atoms in total. The number of carbonyl (C=O) groups excluding carboxylic acids is 12. The van der Waals surface area contributed by atoms with Crippen LogP contribution in [-0.4, -0.2) is 161 Å². The highest BCUT2D eigenvalue weighted by Crippen LogP contribution is 2.15. The molecular formula is C66H82N16O14. The van der Waals surface area contributed by atoms with E-state index in [-0.39, 0.29) is 63.0 Å². The Bertz CT molecular complexity index is 3530.